The number of aromatic nitrogens is 3. The fourth-order valence-corrected chi connectivity index (χ4v) is 2.35. The van der Waals surface area contributed by atoms with E-state index in [0.717, 1.165) is 17.1 Å². The van der Waals surface area contributed by atoms with E-state index in [-0.39, 0.29) is 11.0 Å². The van der Waals surface area contributed by atoms with Crippen LogP contribution in [0.1, 0.15) is 6.23 Å². The molecule has 108 valence electrons. The van der Waals surface area contributed by atoms with Crippen molar-refractivity contribution in [3.05, 3.63) is 28.7 Å². The first-order valence-corrected chi connectivity index (χ1v) is 5.90. The first-order valence-electron chi connectivity index (χ1n) is 5.90. The first kappa shape index (κ1) is 13.2. The summed E-state index contributed by atoms with van der Waals surface area (Å²) in [5.41, 5.74) is -0.668. The molecule has 1 fully saturated rings. The number of aliphatic hydroxyl groups excluding tert-OH is 3. The SMILES string of the molecule is O=c1[nH]cnc2c1c(F)cn2C1O[C@H](CO)[C@@H](O)[C@H]1O. The molecule has 3 rings (SSSR count). The number of nitrogens with one attached hydrogen (secondary N) is 1. The van der Waals surface area contributed by atoms with Crippen LogP contribution < -0.4 is 5.56 Å². The van der Waals surface area contributed by atoms with Gasteiger partial charge in [-0.3, -0.25) is 4.79 Å². The van der Waals surface area contributed by atoms with Gasteiger partial charge in [0, 0.05) is 6.20 Å². The molecule has 8 nitrogen and oxygen atoms in total. The highest BCUT2D eigenvalue weighted by atomic mass is 19.1. The van der Waals surface area contributed by atoms with Crippen molar-refractivity contribution in [2.24, 2.45) is 0 Å². The van der Waals surface area contributed by atoms with Crippen molar-refractivity contribution >= 4 is 11.0 Å². The lowest BCUT2D eigenvalue weighted by atomic mass is 10.1. The Hall–Kier alpha value is -1.81. The molecule has 4 atom stereocenters. The van der Waals surface area contributed by atoms with Crippen LogP contribution in [0, 0.1) is 5.82 Å². The number of halogens is 1. The molecule has 1 aliphatic rings. The van der Waals surface area contributed by atoms with E-state index in [1.807, 2.05) is 0 Å². The Bertz CT molecular complexity index is 699. The van der Waals surface area contributed by atoms with E-state index >= 15 is 0 Å². The molecule has 3 heterocycles. The maximum absolute atomic E-state index is 13.8. The lowest BCUT2D eigenvalue weighted by Gasteiger charge is -2.16. The number of hydrogen-bond acceptors (Lipinski definition) is 6. The third-order valence-electron chi connectivity index (χ3n) is 3.36. The second-order valence-electron chi connectivity index (χ2n) is 4.54. The largest absolute Gasteiger partial charge is 0.394 e. The average Bonchev–Trinajstić information content (AvgIpc) is 2.90. The smallest absolute Gasteiger partial charge is 0.263 e. The minimum Gasteiger partial charge on any atom is -0.394 e. The molecule has 1 unspecified atom stereocenters. The molecule has 2 aromatic heterocycles. The Kier molecular flexibility index (Phi) is 3.05. The van der Waals surface area contributed by atoms with Gasteiger partial charge in [-0.15, -0.1) is 0 Å². The van der Waals surface area contributed by atoms with Crippen LogP contribution in [0.5, 0.6) is 0 Å². The molecule has 20 heavy (non-hydrogen) atoms. The van der Waals surface area contributed by atoms with Gasteiger partial charge in [0.1, 0.15) is 23.7 Å². The molecule has 0 aliphatic carbocycles. The number of H-pyrrole nitrogens is 1. The maximum atomic E-state index is 13.8. The first-order chi connectivity index (χ1) is 9.54. The molecule has 0 spiro atoms. The van der Waals surface area contributed by atoms with Crippen molar-refractivity contribution in [3.8, 4) is 0 Å². The maximum Gasteiger partial charge on any atom is 0.263 e. The zero-order chi connectivity index (χ0) is 14.4. The fourth-order valence-electron chi connectivity index (χ4n) is 2.35. The molecule has 9 heteroatoms. The number of fused-ring (bicyclic) bond motifs is 1. The standard InChI is InChI=1S/C11H12FN3O5/c12-4-1-15(9-6(4)10(19)14-3-13-9)11-8(18)7(17)5(2-16)20-11/h1,3,5,7-8,11,16-18H,2H2,(H,13,14,19)/t5-,7-,8-,11?/m1/s1. The highest BCUT2D eigenvalue weighted by Crippen LogP contribution is 2.31. The van der Waals surface area contributed by atoms with E-state index in [4.69, 9.17) is 9.84 Å². The zero-order valence-electron chi connectivity index (χ0n) is 10.1. The Labute approximate surface area is 111 Å². The predicted octanol–water partition coefficient (Wildman–Crippen LogP) is -1.52. The van der Waals surface area contributed by atoms with Crippen molar-refractivity contribution in [1.82, 2.24) is 14.5 Å². The van der Waals surface area contributed by atoms with E-state index < -0.39 is 42.5 Å². The highest BCUT2D eigenvalue weighted by molar-refractivity contribution is 5.75. The van der Waals surface area contributed by atoms with Crippen LogP contribution in [0.15, 0.2) is 17.3 Å². The Morgan fingerprint density at radius 3 is 2.85 bits per heavy atom. The number of nitrogens with zero attached hydrogens (tertiary/aromatic N) is 2. The normalized spacial score (nSPS) is 30.2. The van der Waals surface area contributed by atoms with Gasteiger partial charge < -0.3 is 29.6 Å². The number of aliphatic hydroxyl groups is 3. The van der Waals surface area contributed by atoms with Crippen molar-refractivity contribution in [1.29, 1.82) is 0 Å². The number of hydrogen-bond donors (Lipinski definition) is 4. The second-order valence-corrected chi connectivity index (χ2v) is 4.54. The topological polar surface area (TPSA) is 121 Å². The number of aromatic amines is 1. The summed E-state index contributed by atoms with van der Waals surface area (Å²) in [6.45, 7) is -0.496. The Morgan fingerprint density at radius 1 is 1.45 bits per heavy atom. The van der Waals surface area contributed by atoms with Gasteiger partial charge in [0.2, 0.25) is 0 Å². The molecule has 0 radical (unpaired) electrons. The van der Waals surface area contributed by atoms with Crippen molar-refractivity contribution < 1.29 is 24.4 Å². The van der Waals surface area contributed by atoms with E-state index in [0.29, 0.717) is 0 Å². The predicted molar refractivity (Wildman–Crippen MR) is 63.3 cm³/mol. The van der Waals surface area contributed by atoms with Crippen LogP contribution in [0.2, 0.25) is 0 Å². The lowest BCUT2D eigenvalue weighted by Crippen LogP contribution is -2.33. The van der Waals surface area contributed by atoms with Gasteiger partial charge in [0.15, 0.2) is 17.7 Å². The summed E-state index contributed by atoms with van der Waals surface area (Å²) in [5.74, 6) is -0.813. The van der Waals surface area contributed by atoms with Crippen molar-refractivity contribution in [2.45, 2.75) is 24.5 Å². The molecule has 1 aliphatic heterocycles. The second kappa shape index (κ2) is 4.63. The van der Waals surface area contributed by atoms with Crippen LogP contribution in [-0.2, 0) is 4.74 Å². The number of ether oxygens (including phenoxy) is 1. The minimum atomic E-state index is -1.37. The van der Waals surface area contributed by atoms with Gasteiger partial charge in [-0.1, -0.05) is 0 Å². The Balaban J connectivity index is 2.12. The lowest BCUT2D eigenvalue weighted by molar-refractivity contribution is -0.0510. The van der Waals surface area contributed by atoms with Crippen molar-refractivity contribution in [3.63, 3.8) is 0 Å². The summed E-state index contributed by atoms with van der Waals surface area (Å²) in [6.07, 6.45) is -2.74. The van der Waals surface area contributed by atoms with E-state index in [1.54, 1.807) is 0 Å². The van der Waals surface area contributed by atoms with Crippen LogP contribution in [-0.4, -0.2) is 54.8 Å². The molecule has 0 saturated carbocycles. The van der Waals surface area contributed by atoms with Gasteiger partial charge >= 0.3 is 0 Å². The highest BCUT2D eigenvalue weighted by Gasteiger charge is 2.44. The summed E-state index contributed by atoms with van der Waals surface area (Å²) >= 11 is 0. The zero-order valence-corrected chi connectivity index (χ0v) is 10.1. The molecular weight excluding hydrogens is 273 g/mol. The average molecular weight is 285 g/mol. The summed E-state index contributed by atoms with van der Waals surface area (Å²) < 4.78 is 20.2. The van der Waals surface area contributed by atoms with Gasteiger partial charge in [0.05, 0.1) is 12.9 Å². The molecular formula is C11H12FN3O5. The monoisotopic (exact) mass is 285 g/mol. The van der Waals surface area contributed by atoms with Crippen LogP contribution in [0.4, 0.5) is 4.39 Å². The molecule has 2 aromatic rings. The summed E-state index contributed by atoms with van der Waals surface area (Å²) in [7, 11) is 0. The third kappa shape index (κ3) is 1.75. The molecule has 1 saturated heterocycles. The van der Waals surface area contributed by atoms with E-state index in [1.165, 1.54) is 0 Å². The quantitative estimate of drug-likeness (QED) is 0.531. The van der Waals surface area contributed by atoms with E-state index in [9.17, 15) is 19.4 Å². The third-order valence-corrected chi connectivity index (χ3v) is 3.36. The fraction of sp³-hybridized carbons (Fsp3) is 0.455. The van der Waals surface area contributed by atoms with Gasteiger partial charge in [-0.2, -0.15) is 0 Å². The van der Waals surface area contributed by atoms with Crippen LogP contribution >= 0.6 is 0 Å². The summed E-state index contributed by atoms with van der Waals surface area (Å²) in [6, 6.07) is 0. The molecule has 0 aromatic carbocycles. The molecule has 0 bridgehead atoms. The molecule has 0 amide bonds. The van der Waals surface area contributed by atoms with Crippen molar-refractivity contribution in [2.75, 3.05) is 6.61 Å². The molecule has 4 N–H and O–H groups in total. The number of rotatable bonds is 2. The van der Waals surface area contributed by atoms with Gasteiger partial charge in [-0.25, -0.2) is 9.37 Å². The van der Waals surface area contributed by atoms with Gasteiger partial charge in [0.25, 0.3) is 5.56 Å². The van der Waals surface area contributed by atoms with Crippen LogP contribution in [0.25, 0.3) is 11.0 Å². The summed E-state index contributed by atoms with van der Waals surface area (Å²) in [5, 5.41) is 28.4. The summed E-state index contributed by atoms with van der Waals surface area (Å²) in [4.78, 5) is 17.6. The minimum absolute atomic E-state index is 0.0129. The van der Waals surface area contributed by atoms with Gasteiger partial charge in [-0.05, 0) is 0 Å². The van der Waals surface area contributed by atoms with E-state index in [2.05, 4.69) is 9.97 Å². The Morgan fingerprint density at radius 2 is 2.20 bits per heavy atom. The van der Waals surface area contributed by atoms with Crippen LogP contribution in [0.3, 0.4) is 0 Å².